The van der Waals surface area contributed by atoms with E-state index in [4.69, 9.17) is 14.2 Å². The van der Waals surface area contributed by atoms with Gasteiger partial charge in [-0.1, -0.05) is 20.8 Å². The van der Waals surface area contributed by atoms with Crippen LogP contribution in [-0.2, 0) is 28.6 Å². The first kappa shape index (κ1) is 25.1. The van der Waals surface area contributed by atoms with Crippen molar-refractivity contribution in [3.63, 3.8) is 0 Å². The Hall–Kier alpha value is -1.51. The largest absolute Gasteiger partial charge is 0.466 e. The molecule has 0 aromatic carbocycles. The van der Waals surface area contributed by atoms with Gasteiger partial charge < -0.3 is 24.4 Å². The molecule has 3 rings (SSSR count). The van der Waals surface area contributed by atoms with Crippen LogP contribution in [0.5, 0.6) is 0 Å². The highest BCUT2D eigenvalue weighted by Crippen LogP contribution is 2.67. The molecule has 2 N–H and O–H groups in total. The van der Waals surface area contributed by atoms with Gasteiger partial charge >= 0.3 is 11.9 Å². The van der Waals surface area contributed by atoms with E-state index in [2.05, 4.69) is 0 Å². The van der Waals surface area contributed by atoms with Crippen LogP contribution in [0.3, 0.4) is 0 Å². The number of esters is 2. The van der Waals surface area contributed by atoms with Crippen molar-refractivity contribution >= 4 is 17.7 Å². The highest BCUT2D eigenvalue weighted by molar-refractivity contribution is 5.88. The molecule has 182 valence electrons. The molecule has 0 amide bonds. The van der Waals surface area contributed by atoms with E-state index in [-0.39, 0.29) is 25.0 Å². The number of hydrogen-bond acceptors (Lipinski definition) is 8. The monoisotopic (exact) mass is 454 g/mol. The fraction of sp³-hybridized carbons (Fsp3) is 0.875. The van der Waals surface area contributed by atoms with E-state index in [0.717, 1.165) is 0 Å². The molecule has 8 unspecified atom stereocenters. The van der Waals surface area contributed by atoms with Crippen LogP contribution < -0.4 is 0 Å². The topological polar surface area (TPSA) is 119 Å². The Labute approximate surface area is 190 Å². The van der Waals surface area contributed by atoms with Gasteiger partial charge in [0, 0.05) is 42.9 Å². The minimum atomic E-state index is -1.28. The molecule has 8 nitrogen and oxygen atoms in total. The van der Waals surface area contributed by atoms with Gasteiger partial charge in [0.1, 0.15) is 6.10 Å². The number of fused-ring (bicyclic) bond motifs is 2. The smallest absolute Gasteiger partial charge is 0.302 e. The second-order valence-electron chi connectivity index (χ2n) is 10.8. The number of hydrogen-bond donors (Lipinski definition) is 2. The summed E-state index contributed by atoms with van der Waals surface area (Å²) in [6, 6.07) is 0. The summed E-state index contributed by atoms with van der Waals surface area (Å²) in [4.78, 5) is 36.1. The minimum absolute atomic E-state index is 0.0811. The van der Waals surface area contributed by atoms with Gasteiger partial charge in [-0.15, -0.1) is 0 Å². The average Bonchev–Trinajstić information content (AvgIpc) is 3.06. The van der Waals surface area contributed by atoms with Crippen molar-refractivity contribution in [3.8, 4) is 0 Å². The van der Waals surface area contributed by atoms with E-state index in [1.54, 1.807) is 6.92 Å². The van der Waals surface area contributed by atoms with E-state index >= 15 is 0 Å². The average molecular weight is 455 g/mol. The SMILES string of the molecule is CC(=O)OCCC1(C)CCC2(O1)C(C)C(=O)C(O)C1C(C)(COC(C)=O)C(O)CCC12C. The van der Waals surface area contributed by atoms with Gasteiger partial charge in [-0.25, -0.2) is 0 Å². The molecule has 3 aliphatic rings. The van der Waals surface area contributed by atoms with Crippen molar-refractivity contribution in [1.29, 1.82) is 0 Å². The third kappa shape index (κ3) is 3.78. The van der Waals surface area contributed by atoms with E-state index in [1.807, 2.05) is 20.8 Å². The first-order chi connectivity index (χ1) is 14.7. The molecule has 1 saturated heterocycles. The molecule has 8 atom stereocenters. The number of ketones is 1. The lowest BCUT2D eigenvalue weighted by molar-refractivity contribution is -0.276. The Morgan fingerprint density at radius 3 is 2.28 bits per heavy atom. The predicted octanol–water partition coefficient (Wildman–Crippen LogP) is 2.17. The Kier molecular flexibility index (Phi) is 6.57. The lowest BCUT2D eigenvalue weighted by Crippen LogP contribution is -2.72. The standard InChI is InChI=1S/C24H38O8/c1-14-18(28)19(29)20-22(5,13-31-16(3)26)17(27)7-8-23(20,6)24(14)10-9-21(4,32-24)11-12-30-15(2)25/h14,17,19-20,27,29H,7-13H2,1-6H3. The highest BCUT2D eigenvalue weighted by Gasteiger charge is 2.73. The summed E-state index contributed by atoms with van der Waals surface area (Å²) in [5.74, 6) is -2.30. The molecule has 0 aromatic heterocycles. The van der Waals surface area contributed by atoms with E-state index in [1.165, 1.54) is 13.8 Å². The fourth-order valence-corrected chi connectivity index (χ4v) is 6.91. The van der Waals surface area contributed by atoms with Crippen LogP contribution in [0.1, 0.15) is 73.6 Å². The second-order valence-corrected chi connectivity index (χ2v) is 10.8. The van der Waals surface area contributed by atoms with Crippen LogP contribution in [0.15, 0.2) is 0 Å². The normalized spacial score (nSPS) is 46.1. The van der Waals surface area contributed by atoms with Gasteiger partial charge in [-0.2, -0.15) is 0 Å². The van der Waals surface area contributed by atoms with E-state index in [9.17, 15) is 24.6 Å². The number of aliphatic hydroxyl groups is 2. The summed E-state index contributed by atoms with van der Waals surface area (Å²) in [7, 11) is 0. The summed E-state index contributed by atoms with van der Waals surface area (Å²) in [5.41, 5.74) is -3.05. The first-order valence-electron chi connectivity index (χ1n) is 11.6. The quantitative estimate of drug-likeness (QED) is 0.607. The van der Waals surface area contributed by atoms with Crippen molar-refractivity contribution in [1.82, 2.24) is 0 Å². The van der Waals surface area contributed by atoms with Crippen LogP contribution >= 0.6 is 0 Å². The van der Waals surface area contributed by atoms with Crippen molar-refractivity contribution in [2.24, 2.45) is 22.7 Å². The van der Waals surface area contributed by atoms with Crippen LogP contribution in [0.2, 0.25) is 0 Å². The van der Waals surface area contributed by atoms with Crippen LogP contribution in [0.25, 0.3) is 0 Å². The van der Waals surface area contributed by atoms with Gasteiger partial charge in [-0.3, -0.25) is 14.4 Å². The summed E-state index contributed by atoms with van der Waals surface area (Å²) in [5, 5.41) is 22.2. The number of ether oxygens (including phenoxy) is 3. The number of carbonyl (C=O) groups is 3. The molecule has 8 heteroatoms. The summed E-state index contributed by atoms with van der Waals surface area (Å²) >= 11 is 0. The molecule has 1 aliphatic heterocycles. The molecule has 3 fully saturated rings. The van der Waals surface area contributed by atoms with Gasteiger partial charge in [0.25, 0.3) is 0 Å². The van der Waals surface area contributed by atoms with Crippen LogP contribution in [0.4, 0.5) is 0 Å². The van der Waals surface area contributed by atoms with Gasteiger partial charge in [0.15, 0.2) is 5.78 Å². The maximum absolute atomic E-state index is 13.3. The Morgan fingerprint density at radius 2 is 1.69 bits per heavy atom. The molecule has 2 aliphatic carbocycles. The van der Waals surface area contributed by atoms with Gasteiger partial charge in [0.2, 0.25) is 0 Å². The first-order valence-corrected chi connectivity index (χ1v) is 11.6. The predicted molar refractivity (Wildman–Crippen MR) is 114 cm³/mol. The molecule has 32 heavy (non-hydrogen) atoms. The Balaban J connectivity index is 2.00. The molecule has 2 saturated carbocycles. The molecule has 0 bridgehead atoms. The summed E-state index contributed by atoms with van der Waals surface area (Å²) in [6.45, 7) is 10.4. The Morgan fingerprint density at radius 1 is 1.06 bits per heavy atom. The van der Waals surface area contributed by atoms with Gasteiger partial charge in [0.05, 0.1) is 30.5 Å². The maximum atomic E-state index is 13.3. The Bertz CT molecular complexity index is 782. The van der Waals surface area contributed by atoms with Crippen molar-refractivity contribution in [2.75, 3.05) is 13.2 Å². The molecule has 0 aromatic rings. The molecular formula is C24H38O8. The lowest BCUT2D eigenvalue weighted by Gasteiger charge is -2.65. The zero-order chi connectivity index (χ0) is 24.1. The molecule has 1 spiro atoms. The third-order valence-corrected chi connectivity index (χ3v) is 8.77. The summed E-state index contributed by atoms with van der Waals surface area (Å²) in [6.07, 6.45) is 0.726. The van der Waals surface area contributed by atoms with Crippen molar-refractivity contribution in [3.05, 3.63) is 0 Å². The van der Waals surface area contributed by atoms with Crippen molar-refractivity contribution in [2.45, 2.75) is 97.1 Å². The minimum Gasteiger partial charge on any atom is -0.466 e. The van der Waals surface area contributed by atoms with E-state index < -0.39 is 52.0 Å². The van der Waals surface area contributed by atoms with E-state index in [0.29, 0.717) is 32.1 Å². The van der Waals surface area contributed by atoms with Gasteiger partial charge in [-0.05, 0) is 32.6 Å². The molecular weight excluding hydrogens is 416 g/mol. The number of rotatable bonds is 5. The second kappa shape index (κ2) is 8.37. The zero-order valence-electron chi connectivity index (χ0n) is 20.1. The van der Waals surface area contributed by atoms with Crippen LogP contribution in [0, 0.1) is 22.7 Å². The number of Topliss-reactive ketones (excluding diaryl/α,β-unsaturated/α-hetero) is 1. The number of aliphatic hydroxyl groups excluding tert-OH is 2. The van der Waals surface area contributed by atoms with Crippen LogP contribution in [-0.4, -0.2) is 64.6 Å². The molecule has 1 heterocycles. The number of carbonyl (C=O) groups excluding carboxylic acids is 3. The summed E-state index contributed by atoms with van der Waals surface area (Å²) < 4.78 is 17.3. The lowest BCUT2D eigenvalue weighted by atomic mass is 9.42. The third-order valence-electron chi connectivity index (χ3n) is 8.77. The fourth-order valence-electron chi connectivity index (χ4n) is 6.91. The van der Waals surface area contributed by atoms with Crippen molar-refractivity contribution < 1.29 is 38.8 Å². The molecule has 0 radical (unpaired) electrons. The zero-order valence-corrected chi connectivity index (χ0v) is 20.1. The maximum Gasteiger partial charge on any atom is 0.302 e. The highest BCUT2D eigenvalue weighted by atomic mass is 16.5.